The summed E-state index contributed by atoms with van der Waals surface area (Å²) in [6, 6.07) is 8.67. The van der Waals surface area contributed by atoms with Crippen molar-refractivity contribution in [1.29, 1.82) is 0 Å². The number of hydrogen-bond donors (Lipinski definition) is 1. The lowest BCUT2D eigenvalue weighted by atomic mass is 9.98. The summed E-state index contributed by atoms with van der Waals surface area (Å²) in [4.78, 5) is 6.02. The third-order valence-electron chi connectivity index (χ3n) is 3.53. The van der Waals surface area contributed by atoms with E-state index in [1.165, 1.54) is 10.5 Å². The zero-order valence-corrected chi connectivity index (χ0v) is 13.9. The van der Waals surface area contributed by atoms with E-state index < -0.39 is 0 Å². The summed E-state index contributed by atoms with van der Waals surface area (Å²) in [5.74, 6) is 1.57. The van der Waals surface area contributed by atoms with E-state index in [1.807, 2.05) is 11.8 Å². The molecule has 0 aliphatic rings. The first kappa shape index (κ1) is 15.5. The maximum atomic E-state index is 6.24. The fourth-order valence-electron chi connectivity index (χ4n) is 1.98. The van der Waals surface area contributed by atoms with Crippen molar-refractivity contribution in [2.24, 2.45) is 11.7 Å². The molecule has 2 rings (SSSR count). The van der Waals surface area contributed by atoms with Gasteiger partial charge in [-0.05, 0) is 23.8 Å². The molecule has 0 saturated carbocycles. The Morgan fingerprint density at radius 1 is 1.25 bits per heavy atom. The van der Waals surface area contributed by atoms with Crippen molar-refractivity contribution >= 4 is 23.1 Å². The average Bonchev–Trinajstić information content (AvgIpc) is 2.96. The van der Waals surface area contributed by atoms with Crippen molar-refractivity contribution < 1.29 is 0 Å². The van der Waals surface area contributed by atoms with Gasteiger partial charge >= 0.3 is 0 Å². The zero-order valence-electron chi connectivity index (χ0n) is 12.3. The summed E-state index contributed by atoms with van der Waals surface area (Å²) in [7, 11) is 0. The van der Waals surface area contributed by atoms with Gasteiger partial charge < -0.3 is 5.73 Å². The van der Waals surface area contributed by atoms with Gasteiger partial charge in [-0.25, -0.2) is 4.98 Å². The lowest BCUT2D eigenvalue weighted by molar-refractivity contribution is 0.450. The van der Waals surface area contributed by atoms with Crippen LogP contribution in [0.4, 0.5) is 0 Å². The summed E-state index contributed by atoms with van der Waals surface area (Å²) < 4.78 is 0. The monoisotopic (exact) mass is 306 g/mol. The van der Waals surface area contributed by atoms with E-state index in [2.05, 4.69) is 50.4 Å². The second-order valence-corrected chi connectivity index (χ2v) is 7.14. The molecule has 1 aromatic carbocycles. The largest absolute Gasteiger partial charge is 0.322 e. The number of benzene rings is 1. The Kier molecular flexibility index (Phi) is 5.64. The molecule has 108 valence electrons. The van der Waals surface area contributed by atoms with E-state index in [-0.39, 0.29) is 6.04 Å². The zero-order chi connectivity index (χ0) is 14.5. The fraction of sp³-hybridized carbons (Fsp3) is 0.438. The Balaban J connectivity index is 2.15. The average molecular weight is 306 g/mol. The second kappa shape index (κ2) is 7.25. The Morgan fingerprint density at radius 2 is 1.95 bits per heavy atom. The summed E-state index contributed by atoms with van der Waals surface area (Å²) in [5.41, 5.74) is 8.44. The molecule has 0 spiro atoms. The van der Waals surface area contributed by atoms with Crippen LogP contribution < -0.4 is 5.73 Å². The Bertz CT molecular complexity index is 534. The molecule has 2 atom stereocenters. The van der Waals surface area contributed by atoms with Gasteiger partial charge in [0.25, 0.3) is 0 Å². The minimum Gasteiger partial charge on any atom is -0.322 e. The van der Waals surface area contributed by atoms with Crippen molar-refractivity contribution in [3.05, 3.63) is 35.3 Å². The van der Waals surface area contributed by atoms with Crippen LogP contribution in [0.1, 0.15) is 38.9 Å². The molecule has 0 bridgehead atoms. The maximum Gasteiger partial charge on any atom is 0.123 e. The number of nitrogens with zero attached hydrogens (tertiary/aromatic N) is 1. The van der Waals surface area contributed by atoms with Crippen molar-refractivity contribution in [2.75, 3.05) is 5.75 Å². The van der Waals surface area contributed by atoms with E-state index in [9.17, 15) is 0 Å². The Hall–Kier alpha value is -0.840. The van der Waals surface area contributed by atoms with Gasteiger partial charge in [-0.2, -0.15) is 0 Å². The molecule has 0 amide bonds. The number of thioether (sulfide) groups is 1. The number of rotatable bonds is 6. The first-order chi connectivity index (χ1) is 9.65. The standard InChI is InChI=1S/C16H22N2S2/c1-4-11(3)15(17)14-10-20-16(18-14)12-6-8-13(9-7-12)19-5-2/h6-11,15H,4-5,17H2,1-3H3. The smallest absolute Gasteiger partial charge is 0.123 e. The normalized spacial score (nSPS) is 14.2. The molecule has 0 aliphatic heterocycles. The van der Waals surface area contributed by atoms with Crippen molar-refractivity contribution in [3.63, 3.8) is 0 Å². The second-order valence-electron chi connectivity index (χ2n) is 4.95. The van der Waals surface area contributed by atoms with Gasteiger partial charge in [0.1, 0.15) is 5.01 Å². The highest BCUT2D eigenvalue weighted by Gasteiger charge is 2.16. The third kappa shape index (κ3) is 3.62. The van der Waals surface area contributed by atoms with Gasteiger partial charge in [0.15, 0.2) is 0 Å². The summed E-state index contributed by atoms with van der Waals surface area (Å²) in [6.45, 7) is 6.52. The van der Waals surface area contributed by atoms with Gasteiger partial charge in [0, 0.05) is 15.8 Å². The van der Waals surface area contributed by atoms with E-state index in [1.54, 1.807) is 11.3 Å². The highest BCUT2D eigenvalue weighted by molar-refractivity contribution is 7.99. The van der Waals surface area contributed by atoms with E-state index in [0.717, 1.165) is 22.9 Å². The SMILES string of the molecule is CCSc1ccc(-c2nc(C(N)C(C)CC)cs2)cc1. The van der Waals surface area contributed by atoms with Gasteiger partial charge in [-0.1, -0.05) is 39.3 Å². The molecule has 0 aliphatic carbocycles. The van der Waals surface area contributed by atoms with Gasteiger partial charge in [0.05, 0.1) is 11.7 Å². The molecule has 2 aromatic rings. The van der Waals surface area contributed by atoms with Crippen LogP contribution >= 0.6 is 23.1 Å². The molecule has 2 nitrogen and oxygen atoms in total. The van der Waals surface area contributed by atoms with E-state index >= 15 is 0 Å². The summed E-state index contributed by atoms with van der Waals surface area (Å²) in [6.07, 6.45) is 1.08. The lowest BCUT2D eigenvalue weighted by Gasteiger charge is -2.15. The van der Waals surface area contributed by atoms with Crippen LogP contribution in [0.2, 0.25) is 0 Å². The molecule has 1 heterocycles. The molecule has 20 heavy (non-hydrogen) atoms. The van der Waals surface area contributed by atoms with Crippen molar-refractivity contribution in [2.45, 2.75) is 38.1 Å². The van der Waals surface area contributed by atoms with Crippen LogP contribution in [0.3, 0.4) is 0 Å². The first-order valence-electron chi connectivity index (χ1n) is 7.10. The minimum atomic E-state index is 0.0416. The first-order valence-corrected chi connectivity index (χ1v) is 8.96. The fourth-order valence-corrected chi connectivity index (χ4v) is 3.51. The molecule has 0 radical (unpaired) electrons. The predicted molar refractivity (Wildman–Crippen MR) is 90.3 cm³/mol. The Labute approximate surface area is 129 Å². The molecule has 1 aromatic heterocycles. The lowest BCUT2D eigenvalue weighted by Crippen LogP contribution is -2.18. The van der Waals surface area contributed by atoms with Gasteiger partial charge in [0.2, 0.25) is 0 Å². The van der Waals surface area contributed by atoms with Crippen LogP contribution in [-0.4, -0.2) is 10.7 Å². The summed E-state index contributed by atoms with van der Waals surface area (Å²) in [5, 5.41) is 3.16. The van der Waals surface area contributed by atoms with Crippen LogP contribution in [0.25, 0.3) is 10.6 Å². The highest BCUT2D eigenvalue weighted by atomic mass is 32.2. The molecule has 0 fully saturated rings. The van der Waals surface area contributed by atoms with E-state index in [4.69, 9.17) is 10.7 Å². The van der Waals surface area contributed by atoms with Crippen molar-refractivity contribution in [3.8, 4) is 10.6 Å². The molecular weight excluding hydrogens is 284 g/mol. The van der Waals surface area contributed by atoms with Gasteiger partial charge in [-0.3, -0.25) is 0 Å². The summed E-state index contributed by atoms with van der Waals surface area (Å²) >= 11 is 3.54. The van der Waals surface area contributed by atoms with Crippen LogP contribution in [0, 0.1) is 5.92 Å². The third-order valence-corrected chi connectivity index (χ3v) is 5.34. The predicted octanol–water partition coefficient (Wildman–Crippen LogP) is 4.97. The molecule has 4 heteroatoms. The number of thiazole rings is 1. The molecule has 2 unspecified atom stereocenters. The van der Waals surface area contributed by atoms with E-state index in [0.29, 0.717) is 5.92 Å². The van der Waals surface area contributed by atoms with Crippen LogP contribution in [-0.2, 0) is 0 Å². The van der Waals surface area contributed by atoms with Gasteiger partial charge in [-0.15, -0.1) is 23.1 Å². The Morgan fingerprint density at radius 3 is 2.55 bits per heavy atom. The number of aromatic nitrogens is 1. The quantitative estimate of drug-likeness (QED) is 0.766. The van der Waals surface area contributed by atoms with Crippen LogP contribution in [0.5, 0.6) is 0 Å². The van der Waals surface area contributed by atoms with Crippen LogP contribution in [0.15, 0.2) is 34.5 Å². The minimum absolute atomic E-state index is 0.0416. The number of nitrogens with two attached hydrogens (primary N) is 1. The highest BCUT2D eigenvalue weighted by Crippen LogP contribution is 2.30. The maximum absolute atomic E-state index is 6.24. The molecule has 2 N–H and O–H groups in total. The molecular formula is C16H22N2S2. The molecule has 0 saturated heterocycles. The number of hydrogen-bond acceptors (Lipinski definition) is 4. The topological polar surface area (TPSA) is 38.9 Å². The van der Waals surface area contributed by atoms with Crippen molar-refractivity contribution in [1.82, 2.24) is 4.98 Å².